The molecule has 0 bridgehead atoms. The minimum absolute atomic E-state index is 0.0715. The molecule has 3 N–H and O–H groups in total. The first kappa shape index (κ1) is 18.2. The number of hydrogen-bond acceptors (Lipinski definition) is 5. The molecule has 1 saturated heterocycles. The van der Waals surface area contributed by atoms with Gasteiger partial charge in [-0.1, -0.05) is 0 Å². The van der Waals surface area contributed by atoms with Crippen LogP contribution in [-0.4, -0.2) is 65.8 Å². The summed E-state index contributed by atoms with van der Waals surface area (Å²) in [6.07, 6.45) is 0.457. The molecule has 3 amide bonds. The third kappa shape index (κ3) is 3.37. The van der Waals surface area contributed by atoms with Gasteiger partial charge in [0, 0.05) is 31.2 Å². The van der Waals surface area contributed by atoms with Gasteiger partial charge in [-0.05, 0) is 38.5 Å². The summed E-state index contributed by atoms with van der Waals surface area (Å²) in [5, 5.41) is 2.69. The number of nitrogens with two attached hydrogens (primary N) is 1. The highest BCUT2D eigenvalue weighted by molar-refractivity contribution is 6.00. The van der Waals surface area contributed by atoms with E-state index >= 15 is 0 Å². The number of likely N-dealkylation sites (N-methyl/N-ethyl adjacent to an activating group) is 1. The largest absolute Gasteiger partial charge is 0.482 e. The Morgan fingerprint density at radius 3 is 2.77 bits per heavy atom. The van der Waals surface area contributed by atoms with E-state index in [2.05, 4.69) is 5.32 Å². The summed E-state index contributed by atoms with van der Waals surface area (Å²) >= 11 is 0. The van der Waals surface area contributed by atoms with E-state index in [1.807, 2.05) is 13.8 Å². The Labute approximate surface area is 152 Å². The normalized spacial score (nSPS) is 21.7. The molecule has 0 spiro atoms. The number of anilines is 1. The molecule has 1 fully saturated rings. The molecule has 1 aromatic carbocycles. The van der Waals surface area contributed by atoms with Gasteiger partial charge in [0.2, 0.25) is 5.91 Å². The van der Waals surface area contributed by atoms with Gasteiger partial charge in [0.15, 0.2) is 6.61 Å². The summed E-state index contributed by atoms with van der Waals surface area (Å²) in [6, 6.07) is 4.08. The van der Waals surface area contributed by atoms with Crippen LogP contribution >= 0.6 is 0 Å². The van der Waals surface area contributed by atoms with Crippen molar-refractivity contribution in [2.45, 2.75) is 32.4 Å². The molecule has 26 heavy (non-hydrogen) atoms. The third-order valence-corrected chi connectivity index (χ3v) is 4.82. The van der Waals surface area contributed by atoms with Crippen LogP contribution < -0.4 is 15.8 Å². The van der Waals surface area contributed by atoms with Crippen molar-refractivity contribution in [3.63, 3.8) is 0 Å². The molecular weight excluding hydrogens is 336 g/mol. The lowest BCUT2D eigenvalue weighted by Gasteiger charge is -2.29. The van der Waals surface area contributed by atoms with Gasteiger partial charge in [-0.15, -0.1) is 0 Å². The smallest absolute Gasteiger partial charge is 0.262 e. The number of likely N-dealkylation sites (tertiary alicyclic amines) is 1. The second-order valence-electron chi connectivity index (χ2n) is 6.53. The Kier molecular flexibility index (Phi) is 5.13. The number of fused-ring (bicyclic) bond motifs is 1. The molecule has 1 aromatic rings. The van der Waals surface area contributed by atoms with Gasteiger partial charge in [0.25, 0.3) is 11.8 Å². The summed E-state index contributed by atoms with van der Waals surface area (Å²) in [5.74, 6) is -0.109. The quantitative estimate of drug-likeness (QED) is 0.810. The van der Waals surface area contributed by atoms with Crippen molar-refractivity contribution in [3.05, 3.63) is 23.8 Å². The molecule has 2 heterocycles. The van der Waals surface area contributed by atoms with Crippen molar-refractivity contribution in [1.29, 1.82) is 0 Å². The zero-order chi connectivity index (χ0) is 18.8. The SMILES string of the molecule is CCN(CC)C(=O)[C@@H]1C[C@H](N)CN1C(=O)c1ccc2c(c1)OCC(=O)N2. The average Bonchev–Trinajstić information content (AvgIpc) is 3.03. The van der Waals surface area contributed by atoms with Gasteiger partial charge in [-0.2, -0.15) is 0 Å². The lowest BCUT2D eigenvalue weighted by atomic mass is 10.1. The van der Waals surface area contributed by atoms with Crippen LogP contribution in [0.15, 0.2) is 18.2 Å². The van der Waals surface area contributed by atoms with E-state index in [4.69, 9.17) is 10.5 Å². The predicted octanol–water partition coefficient (Wildman–Crippen LogP) is 0.428. The highest BCUT2D eigenvalue weighted by atomic mass is 16.5. The first-order valence-electron chi connectivity index (χ1n) is 8.86. The van der Waals surface area contributed by atoms with E-state index < -0.39 is 6.04 Å². The number of ether oxygens (including phenoxy) is 1. The van der Waals surface area contributed by atoms with Crippen molar-refractivity contribution in [1.82, 2.24) is 9.80 Å². The lowest BCUT2D eigenvalue weighted by Crippen LogP contribution is -2.47. The van der Waals surface area contributed by atoms with Crippen LogP contribution in [0.25, 0.3) is 0 Å². The molecule has 8 heteroatoms. The van der Waals surface area contributed by atoms with Gasteiger partial charge in [0.05, 0.1) is 5.69 Å². The van der Waals surface area contributed by atoms with Gasteiger partial charge < -0.3 is 25.6 Å². The van der Waals surface area contributed by atoms with E-state index in [0.717, 1.165) is 0 Å². The standard InChI is InChI=1S/C18H24N4O4/c1-3-21(4-2)18(25)14-8-12(19)9-22(14)17(24)11-5-6-13-15(7-11)26-10-16(23)20-13/h5-7,12,14H,3-4,8-10,19H2,1-2H3,(H,20,23)/t12-,14-/m0/s1. The van der Waals surface area contributed by atoms with Crippen LogP contribution in [0, 0.1) is 0 Å². The van der Waals surface area contributed by atoms with Gasteiger partial charge in [-0.3, -0.25) is 14.4 Å². The number of carbonyl (C=O) groups is 3. The molecule has 0 aliphatic carbocycles. The maximum absolute atomic E-state index is 13.0. The molecule has 0 radical (unpaired) electrons. The fourth-order valence-electron chi connectivity index (χ4n) is 3.45. The molecule has 2 atom stereocenters. The van der Waals surface area contributed by atoms with Crippen molar-refractivity contribution < 1.29 is 19.1 Å². The van der Waals surface area contributed by atoms with Crippen LogP contribution in [0.1, 0.15) is 30.6 Å². The highest BCUT2D eigenvalue weighted by Gasteiger charge is 2.40. The van der Waals surface area contributed by atoms with Crippen molar-refractivity contribution in [2.75, 3.05) is 31.6 Å². The molecule has 2 aliphatic rings. The lowest BCUT2D eigenvalue weighted by molar-refractivity contribution is -0.134. The van der Waals surface area contributed by atoms with Crippen LogP contribution in [-0.2, 0) is 9.59 Å². The summed E-state index contributed by atoms with van der Waals surface area (Å²) in [6.45, 7) is 5.27. The topological polar surface area (TPSA) is 105 Å². The van der Waals surface area contributed by atoms with Crippen molar-refractivity contribution >= 4 is 23.4 Å². The van der Waals surface area contributed by atoms with Gasteiger partial charge in [0.1, 0.15) is 11.8 Å². The number of rotatable bonds is 4. The number of hydrogen-bond donors (Lipinski definition) is 2. The number of nitrogens with one attached hydrogen (secondary N) is 1. The van der Waals surface area contributed by atoms with Crippen molar-refractivity contribution in [2.24, 2.45) is 5.73 Å². The Morgan fingerprint density at radius 1 is 1.35 bits per heavy atom. The fourth-order valence-corrected chi connectivity index (χ4v) is 3.45. The second-order valence-corrected chi connectivity index (χ2v) is 6.53. The van der Waals surface area contributed by atoms with E-state index in [1.54, 1.807) is 28.0 Å². The van der Waals surface area contributed by atoms with Crippen LogP contribution in [0.3, 0.4) is 0 Å². The Bertz CT molecular complexity index is 732. The first-order chi connectivity index (χ1) is 12.4. The Morgan fingerprint density at radius 2 is 2.08 bits per heavy atom. The Balaban J connectivity index is 1.83. The van der Waals surface area contributed by atoms with E-state index in [1.165, 1.54) is 0 Å². The summed E-state index contributed by atoms with van der Waals surface area (Å²) < 4.78 is 5.37. The van der Waals surface area contributed by atoms with E-state index in [-0.39, 0.29) is 30.4 Å². The molecule has 2 aliphatic heterocycles. The molecule has 8 nitrogen and oxygen atoms in total. The van der Waals surface area contributed by atoms with E-state index in [9.17, 15) is 14.4 Å². The molecular formula is C18H24N4O4. The number of amides is 3. The first-order valence-corrected chi connectivity index (χ1v) is 8.86. The zero-order valence-electron chi connectivity index (χ0n) is 15.0. The maximum Gasteiger partial charge on any atom is 0.262 e. The molecule has 3 rings (SSSR count). The van der Waals surface area contributed by atoms with Crippen LogP contribution in [0.5, 0.6) is 5.75 Å². The highest BCUT2D eigenvalue weighted by Crippen LogP contribution is 2.30. The van der Waals surface area contributed by atoms with Crippen LogP contribution in [0.2, 0.25) is 0 Å². The molecule has 0 aromatic heterocycles. The van der Waals surface area contributed by atoms with Crippen molar-refractivity contribution in [3.8, 4) is 5.75 Å². The third-order valence-electron chi connectivity index (χ3n) is 4.82. The van der Waals surface area contributed by atoms with Gasteiger partial charge in [-0.25, -0.2) is 0 Å². The van der Waals surface area contributed by atoms with Gasteiger partial charge >= 0.3 is 0 Å². The Hall–Kier alpha value is -2.61. The number of carbonyl (C=O) groups excluding carboxylic acids is 3. The summed E-state index contributed by atoms with van der Waals surface area (Å²) in [5.41, 5.74) is 6.98. The zero-order valence-corrected chi connectivity index (χ0v) is 15.0. The maximum atomic E-state index is 13.0. The monoisotopic (exact) mass is 360 g/mol. The fraction of sp³-hybridized carbons (Fsp3) is 0.500. The number of benzene rings is 1. The second kappa shape index (κ2) is 7.33. The molecule has 0 unspecified atom stereocenters. The summed E-state index contributed by atoms with van der Waals surface area (Å²) in [4.78, 5) is 40.4. The minimum atomic E-state index is -0.547. The van der Waals surface area contributed by atoms with E-state index in [0.29, 0.717) is 43.1 Å². The predicted molar refractivity (Wildman–Crippen MR) is 95.9 cm³/mol. The molecule has 0 saturated carbocycles. The van der Waals surface area contributed by atoms with Crippen LogP contribution in [0.4, 0.5) is 5.69 Å². The molecule has 140 valence electrons. The minimum Gasteiger partial charge on any atom is -0.482 e. The average molecular weight is 360 g/mol. The number of nitrogens with zero attached hydrogens (tertiary/aromatic N) is 2. The summed E-state index contributed by atoms with van der Waals surface area (Å²) in [7, 11) is 0.